The topological polar surface area (TPSA) is 58.4 Å². The van der Waals surface area contributed by atoms with Crippen LogP contribution in [0.4, 0.5) is 0 Å². The van der Waals surface area contributed by atoms with Gasteiger partial charge < -0.3 is 14.6 Å². The van der Waals surface area contributed by atoms with Gasteiger partial charge in [-0.3, -0.25) is 4.79 Å². The van der Waals surface area contributed by atoms with Crippen LogP contribution < -0.4 is 5.32 Å². The molecule has 6 heteroatoms. The Morgan fingerprint density at radius 3 is 3.05 bits per heavy atom. The highest BCUT2D eigenvalue weighted by molar-refractivity contribution is 6.33. The summed E-state index contributed by atoms with van der Waals surface area (Å²) in [5.74, 6) is 0.309. The van der Waals surface area contributed by atoms with Crippen molar-refractivity contribution >= 4 is 17.5 Å². The molecule has 5 nitrogen and oxygen atoms in total. The Hall–Kier alpha value is -1.85. The lowest BCUT2D eigenvalue weighted by molar-refractivity contribution is 0.0704. The number of hydrogen-bond acceptors (Lipinski definition) is 4. The van der Waals surface area contributed by atoms with Gasteiger partial charge in [0.15, 0.2) is 17.8 Å². The van der Waals surface area contributed by atoms with Crippen molar-refractivity contribution in [1.29, 1.82) is 0 Å². The first-order chi connectivity index (χ1) is 10.2. The zero-order chi connectivity index (χ0) is 14.8. The first-order valence-corrected chi connectivity index (χ1v) is 7.25. The molecule has 3 rings (SSSR count). The summed E-state index contributed by atoms with van der Waals surface area (Å²) in [7, 11) is 0. The molecule has 1 atom stereocenters. The standard InChI is InChI=1S/C15H16ClN3O2/c1-10-8-19(7-6-17-10)15(20)13-14(21-9-18-13)11-4-2-3-5-12(11)16/h2-5,9-10,17H,6-8H2,1H3/t10-/m1/s1. The summed E-state index contributed by atoms with van der Waals surface area (Å²) in [6.45, 7) is 4.16. The number of aromatic nitrogens is 1. The molecule has 1 aromatic heterocycles. The molecule has 1 saturated heterocycles. The number of halogens is 1. The van der Waals surface area contributed by atoms with Gasteiger partial charge in [0, 0.05) is 31.2 Å². The van der Waals surface area contributed by atoms with E-state index in [0.29, 0.717) is 35.1 Å². The fraction of sp³-hybridized carbons (Fsp3) is 0.333. The van der Waals surface area contributed by atoms with Crippen LogP contribution in [0.15, 0.2) is 35.1 Å². The Morgan fingerprint density at radius 2 is 2.29 bits per heavy atom. The highest BCUT2D eigenvalue weighted by Crippen LogP contribution is 2.30. The van der Waals surface area contributed by atoms with Crippen molar-refractivity contribution in [3.8, 4) is 11.3 Å². The zero-order valence-corrected chi connectivity index (χ0v) is 12.4. The summed E-state index contributed by atoms with van der Waals surface area (Å²) >= 11 is 6.18. The van der Waals surface area contributed by atoms with E-state index in [9.17, 15) is 4.79 Å². The Balaban J connectivity index is 1.92. The molecule has 0 aliphatic carbocycles. The van der Waals surface area contributed by atoms with E-state index >= 15 is 0 Å². The van der Waals surface area contributed by atoms with Crippen LogP contribution in [0.5, 0.6) is 0 Å². The lowest BCUT2D eigenvalue weighted by Gasteiger charge is -2.31. The van der Waals surface area contributed by atoms with Crippen LogP contribution in [0.1, 0.15) is 17.4 Å². The predicted molar refractivity (Wildman–Crippen MR) is 80.3 cm³/mol. The number of carbonyl (C=O) groups is 1. The van der Waals surface area contributed by atoms with E-state index in [1.54, 1.807) is 11.0 Å². The number of amides is 1. The van der Waals surface area contributed by atoms with Crippen molar-refractivity contribution in [2.75, 3.05) is 19.6 Å². The molecular formula is C15H16ClN3O2. The van der Waals surface area contributed by atoms with E-state index in [-0.39, 0.29) is 11.9 Å². The van der Waals surface area contributed by atoms with Crippen LogP contribution >= 0.6 is 11.6 Å². The Kier molecular flexibility index (Phi) is 3.94. The Labute approximate surface area is 127 Å². The number of piperazine rings is 1. The second-order valence-electron chi connectivity index (χ2n) is 5.12. The van der Waals surface area contributed by atoms with E-state index < -0.39 is 0 Å². The SMILES string of the molecule is C[C@@H]1CN(C(=O)c2ncoc2-c2ccccc2Cl)CCN1. The molecule has 0 spiro atoms. The van der Waals surface area contributed by atoms with Crippen LogP contribution in [0.2, 0.25) is 5.02 Å². The maximum absolute atomic E-state index is 12.6. The second kappa shape index (κ2) is 5.87. The third-order valence-electron chi connectivity index (χ3n) is 3.54. The van der Waals surface area contributed by atoms with Crippen molar-refractivity contribution in [3.05, 3.63) is 41.4 Å². The molecule has 0 radical (unpaired) electrons. The van der Waals surface area contributed by atoms with Crippen LogP contribution in [0.25, 0.3) is 11.3 Å². The molecule has 0 saturated carbocycles. The fourth-order valence-corrected chi connectivity index (χ4v) is 2.72. The molecular weight excluding hydrogens is 290 g/mol. The van der Waals surface area contributed by atoms with E-state index in [1.807, 2.05) is 18.2 Å². The van der Waals surface area contributed by atoms with Gasteiger partial charge in [-0.1, -0.05) is 23.7 Å². The summed E-state index contributed by atoms with van der Waals surface area (Å²) in [6, 6.07) is 7.55. The van der Waals surface area contributed by atoms with Gasteiger partial charge in [-0.25, -0.2) is 4.98 Å². The smallest absolute Gasteiger partial charge is 0.276 e. The lowest BCUT2D eigenvalue weighted by atomic mass is 10.1. The molecule has 1 N–H and O–H groups in total. The quantitative estimate of drug-likeness (QED) is 0.926. The number of carbonyl (C=O) groups excluding carboxylic acids is 1. The Bertz CT molecular complexity index is 656. The number of hydrogen-bond donors (Lipinski definition) is 1. The lowest BCUT2D eigenvalue weighted by Crippen LogP contribution is -2.51. The van der Waals surface area contributed by atoms with Gasteiger partial charge in [0.25, 0.3) is 5.91 Å². The summed E-state index contributed by atoms with van der Waals surface area (Å²) in [5, 5.41) is 3.85. The van der Waals surface area contributed by atoms with E-state index in [1.165, 1.54) is 6.39 Å². The van der Waals surface area contributed by atoms with Crippen molar-refractivity contribution < 1.29 is 9.21 Å². The highest BCUT2D eigenvalue weighted by atomic mass is 35.5. The number of nitrogens with zero attached hydrogens (tertiary/aromatic N) is 2. The molecule has 0 unspecified atom stereocenters. The van der Waals surface area contributed by atoms with E-state index in [0.717, 1.165) is 6.54 Å². The molecule has 2 aromatic rings. The largest absolute Gasteiger partial charge is 0.443 e. The highest BCUT2D eigenvalue weighted by Gasteiger charge is 2.27. The van der Waals surface area contributed by atoms with Gasteiger partial charge in [0.05, 0.1) is 5.02 Å². The van der Waals surface area contributed by atoms with Crippen molar-refractivity contribution in [2.45, 2.75) is 13.0 Å². The molecule has 1 aliphatic heterocycles. The van der Waals surface area contributed by atoms with E-state index in [2.05, 4.69) is 17.2 Å². The van der Waals surface area contributed by atoms with Gasteiger partial charge in [-0.05, 0) is 19.1 Å². The van der Waals surface area contributed by atoms with Crippen LogP contribution in [0.3, 0.4) is 0 Å². The predicted octanol–water partition coefficient (Wildman–Crippen LogP) is 2.43. The average Bonchev–Trinajstić information content (AvgIpc) is 2.96. The van der Waals surface area contributed by atoms with Crippen LogP contribution in [0, 0.1) is 0 Å². The number of benzene rings is 1. The molecule has 1 fully saturated rings. The van der Waals surface area contributed by atoms with Gasteiger partial charge >= 0.3 is 0 Å². The third-order valence-corrected chi connectivity index (χ3v) is 3.87. The van der Waals surface area contributed by atoms with Crippen molar-refractivity contribution in [2.24, 2.45) is 0 Å². The second-order valence-corrected chi connectivity index (χ2v) is 5.52. The number of rotatable bonds is 2. The van der Waals surface area contributed by atoms with Gasteiger partial charge in [0.2, 0.25) is 0 Å². The monoisotopic (exact) mass is 305 g/mol. The first kappa shape index (κ1) is 14.1. The average molecular weight is 306 g/mol. The molecule has 110 valence electrons. The van der Waals surface area contributed by atoms with Crippen LogP contribution in [-0.4, -0.2) is 41.5 Å². The van der Waals surface area contributed by atoms with Gasteiger partial charge in [-0.15, -0.1) is 0 Å². The normalized spacial score (nSPS) is 18.8. The fourth-order valence-electron chi connectivity index (χ4n) is 2.50. The molecule has 1 aliphatic rings. The minimum atomic E-state index is -0.119. The Morgan fingerprint density at radius 1 is 1.48 bits per heavy atom. The molecule has 1 aromatic carbocycles. The third kappa shape index (κ3) is 2.80. The van der Waals surface area contributed by atoms with Crippen molar-refractivity contribution in [3.63, 3.8) is 0 Å². The zero-order valence-electron chi connectivity index (χ0n) is 11.7. The minimum absolute atomic E-state index is 0.119. The maximum Gasteiger partial charge on any atom is 0.276 e. The summed E-state index contributed by atoms with van der Waals surface area (Å²) in [4.78, 5) is 18.5. The molecule has 2 heterocycles. The van der Waals surface area contributed by atoms with Crippen molar-refractivity contribution in [1.82, 2.24) is 15.2 Å². The maximum atomic E-state index is 12.6. The van der Waals surface area contributed by atoms with E-state index in [4.69, 9.17) is 16.0 Å². The van der Waals surface area contributed by atoms with Crippen LogP contribution in [-0.2, 0) is 0 Å². The summed E-state index contributed by atoms with van der Waals surface area (Å²) in [5.41, 5.74) is 1.00. The molecule has 1 amide bonds. The van der Waals surface area contributed by atoms with Gasteiger partial charge in [-0.2, -0.15) is 0 Å². The first-order valence-electron chi connectivity index (χ1n) is 6.88. The van der Waals surface area contributed by atoms with Gasteiger partial charge in [0.1, 0.15) is 0 Å². The molecule has 21 heavy (non-hydrogen) atoms. The summed E-state index contributed by atoms with van der Waals surface area (Å²) < 4.78 is 5.41. The summed E-state index contributed by atoms with van der Waals surface area (Å²) in [6.07, 6.45) is 1.29. The molecule has 0 bridgehead atoms. The minimum Gasteiger partial charge on any atom is -0.443 e. The number of nitrogens with one attached hydrogen (secondary N) is 1. The number of oxazole rings is 1.